The van der Waals surface area contributed by atoms with Crippen LogP contribution in [0.3, 0.4) is 0 Å². The van der Waals surface area contributed by atoms with Gasteiger partial charge in [-0.05, 0) is 135 Å². The van der Waals surface area contributed by atoms with Crippen LogP contribution >= 0.6 is 0 Å². The summed E-state index contributed by atoms with van der Waals surface area (Å²) in [7, 11) is 0. The minimum atomic E-state index is -0.623. The summed E-state index contributed by atoms with van der Waals surface area (Å²) in [5.74, 6) is -0.590. The Morgan fingerprint density at radius 1 is 0.314 bits per heavy atom. The lowest BCUT2D eigenvalue weighted by atomic mass is 10.1. The molecule has 0 aliphatic carbocycles. The zero-order valence-corrected chi connectivity index (χ0v) is 44.4. The molecule has 0 aliphatic rings. The highest BCUT2D eigenvalue weighted by Crippen LogP contribution is 2.09. The molecule has 0 radical (unpaired) electrons. The van der Waals surface area contributed by atoms with Crippen molar-refractivity contribution in [3.05, 3.63) is 182 Å². The van der Waals surface area contributed by atoms with Crippen LogP contribution in [0.2, 0.25) is 0 Å². The van der Waals surface area contributed by atoms with E-state index in [9.17, 15) is 9.59 Å². The Labute approximate surface area is 429 Å². The second-order valence-corrected chi connectivity index (χ2v) is 17.0. The van der Waals surface area contributed by atoms with Crippen molar-refractivity contribution < 1.29 is 23.8 Å². The van der Waals surface area contributed by atoms with Gasteiger partial charge in [0.05, 0.1) is 6.61 Å². The van der Waals surface area contributed by atoms with Crippen LogP contribution in [0.15, 0.2) is 182 Å². The summed E-state index contributed by atoms with van der Waals surface area (Å²) in [4.78, 5) is 25.4. The zero-order valence-electron chi connectivity index (χ0n) is 44.4. The molecular formula is C65H98O5. The molecule has 5 nitrogen and oxygen atoms in total. The van der Waals surface area contributed by atoms with Gasteiger partial charge in [0.2, 0.25) is 0 Å². The number of hydrogen-bond acceptors (Lipinski definition) is 5. The molecule has 0 fully saturated rings. The molecule has 70 heavy (non-hydrogen) atoms. The van der Waals surface area contributed by atoms with Gasteiger partial charge in [0.15, 0.2) is 6.10 Å². The van der Waals surface area contributed by atoms with Gasteiger partial charge in [-0.25, -0.2) is 0 Å². The van der Waals surface area contributed by atoms with Crippen molar-refractivity contribution in [2.45, 2.75) is 194 Å². The van der Waals surface area contributed by atoms with E-state index < -0.39 is 6.10 Å². The molecule has 5 heteroatoms. The standard InChI is InChI=1S/C65H98O5/c1-4-7-10-13-16-19-22-25-28-31-33-35-37-40-43-46-49-52-55-58-64(66)69-62-63(61-68-60-57-54-51-48-45-42-39-36-32-29-26-23-20-17-14-11-8-5-2)70-65(67)59-56-53-50-47-44-41-38-34-30-27-24-21-18-15-12-9-6-3/h7-12,16-21,25-30,33,35-36,38-41,43,47,49-50,52,63H,4-6,13-15,22-24,31-32,34,37,42,44-46,48,51,53-62H2,1-3H3/b10-7-,11-8-,12-9-,19-16-,20-17-,21-18-,28-25-,29-26-,30-27-,35-33-,39-36-,41-38-,43-40-,50-47-,52-49-. The maximum Gasteiger partial charge on any atom is 0.306 e. The number of unbranched alkanes of at least 4 members (excludes halogenated alkanes) is 6. The van der Waals surface area contributed by atoms with Gasteiger partial charge in [-0.3, -0.25) is 9.59 Å². The number of carbonyl (C=O) groups is 2. The smallest absolute Gasteiger partial charge is 0.306 e. The van der Waals surface area contributed by atoms with Crippen LogP contribution in [0.5, 0.6) is 0 Å². The van der Waals surface area contributed by atoms with Gasteiger partial charge in [-0.1, -0.05) is 222 Å². The van der Waals surface area contributed by atoms with E-state index in [4.69, 9.17) is 14.2 Å². The van der Waals surface area contributed by atoms with Crippen molar-refractivity contribution in [2.24, 2.45) is 0 Å². The van der Waals surface area contributed by atoms with Crippen molar-refractivity contribution in [3.63, 3.8) is 0 Å². The molecule has 0 amide bonds. The largest absolute Gasteiger partial charge is 0.462 e. The molecule has 0 N–H and O–H groups in total. The number of ether oxygens (including phenoxy) is 3. The van der Waals surface area contributed by atoms with Gasteiger partial charge in [-0.15, -0.1) is 0 Å². The minimum Gasteiger partial charge on any atom is -0.462 e. The average Bonchev–Trinajstić information content (AvgIpc) is 3.36. The number of esters is 2. The molecular weight excluding hydrogens is 861 g/mol. The van der Waals surface area contributed by atoms with Crippen LogP contribution in [0.1, 0.15) is 188 Å². The fourth-order valence-corrected chi connectivity index (χ4v) is 6.50. The Hall–Kier alpha value is -5.00. The van der Waals surface area contributed by atoms with Crippen molar-refractivity contribution in [1.82, 2.24) is 0 Å². The molecule has 0 rings (SSSR count). The van der Waals surface area contributed by atoms with E-state index in [-0.39, 0.29) is 31.6 Å². The first kappa shape index (κ1) is 65.0. The molecule has 0 heterocycles. The van der Waals surface area contributed by atoms with E-state index in [1.165, 1.54) is 19.3 Å². The Morgan fingerprint density at radius 2 is 0.629 bits per heavy atom. The van der Waals surface area contributed by atoms with Gasteiger partial charge in [0.25, 0.3) is 0 Å². The third-order valence-corrected chi connectivity index (χ3v) is 10.4. The Bertz CT molecular complexity index is 1650. The predicted octanol–water partition coefficient (Wildman–Crippen LogP) is 19.0. The lowest BCUT2D eigenvalue weighted by Crippen LogP contribution is -2.30. The number of allylic oxidation sites excluding steroid dienone is 30. The lowest BCUT2D eigenvalue weighted by Gasteiger charge is -2.18. The normalized spacial score (nSPS) is 13.7. The summed E-state index contributed by atoms with van der Waals surface area (Å²) in [5, 5.41) is 0. The molecule has 0 aromatic heterocycles. The Kier molecular flexibility index (Phi) is 54.1. The molecule has 0 saturated heterocycles. The molecule has 1 atom stereocenters. The lowest BCUT2D eigenvalue weighted by molar-refractivity contribution is -0.162. The highest BCUT2D eigenvalue weighted by atomic mass is 16.6. The van der Waals surface area contributed by atoms with E-state index in [1.807, 2.05) is 6.08 Å². The van der Waals surface area contributed by atoms with Gasteiger partial charge in [-0.2, -0.15) is 0 Å². The molecule has 0 spiro atoms. The van der Waals surface area contributed by atoms with Gasteiger partial charge < -0.3 is 14.2 Å². The van der Waals surface area contributed by atoms with Gasteiger partial charge in [0.1, 0.15) is 6.61 Å². The highest BCUT2D eigenvalue weighted by Gasteiger charge is 2.17. The summed E-state index contributed by atoms with van der Waals surface area (Å²) in [6, 6.07) is 0. The van der Waals surface area contributed by atoms with Crippen LogP contribution in [0, 0.1) is 0 Å². The van der Waals surface area contributed by atoms with E-state index in [0.29, 0.717) is 25.9 Å². The SMILES string of the molecule is CC/C=C\C/C=C\C/C=C\C/C=C\C/C=C\C/C=C\CCC(=O)OCC(COCCCCCCC/C=C\C/C=C\C/C=C\C/C=C\CC)OC(=O)CCC/C=C\C/C=C\C/C=C\C/C=C\C/C=C\CC. The maximum atomic E-state index is 12.8. The monoisotopic (exact) mass is 959 g/mol. The number of rotatable bonds is 47. The highest BCUT2D eigenvalue weighted by molar-refractivity contribution is 5.70. The maximum absolute atomic E-state index is 12.8. The second-order valence-electron chi connectivity index (χ2n) is 17.0. The van der Waals surface area contributed by atoms with Crippen LogP contribution in [0.25, 0.3) is 0 Å². The fourth-order valence-electron chi connectivity index (χ4n) is 6.50. The zero-order chi connectivity index (χ0) is 50.6. The third kappa shape index (κ3) is 55.6. The molecule has 0 aliphatic heterocycles. The average molecular weight is 959 g/mol. The number of hydrogen-bond donors (Lipinski definition) is 0. The molecule has 1 unspecified atom stereocenters. The molecule has 0 aromatic carbocycles. The van der Waals surface area contributed by atoms with E-state index in [0.717, 1.165) is 122 Å². The van der Waals surface area contributed by atoms with Crippen LogP contribution in [-0.2, 0) is 23.8 Å². The van der Waals surface area contributed by atoms with Crippen LogP contribution in [-0.4, -0.2) is 37.9 Å². The van der Waals surface area contributed by atoms with Gasteiger partial charge >= 0.3 is 11.9 Å². The quantitative estimate of drug-likeness (QED) is 0.0345. The fraction of sp³-hybridized carbons (Fsp3) is 0.508. The van der Waals surface area contributed by atoms with Crippen molar-refractivity contribution >= 4 is 11.9 Å². The summed E-state index contributed by atoms with van der Waals surface area (Å²) < 4.78 is 17.3. The first-order valence-corrected chi connectivity index (χ1v) is 27.3. The van der Waals surface area contributed by atoms with Crippen molar-refractivity contribution in [1.29, 1.82) is 0 Å². The first-order chi connectivity index (χ1) is 34.6. The van der Waals surface area contributed by atoms with Crippen LogP contribution < -0.4 is 0 Å². The Morgan fingerprint density at radius 3 is 1.01 bits per heavy atom. The van der Waals surface area contributed by atoms with Crippen molar-refractivity contribution in [3.8, 4) is 0 Å². The second kappa shape index (κ2) is 58.3. The van der Waals surface area contributed by atoms with Crippen molar-refractivity contribution in [2.75, 3.05) is 19.8 Å². The minimum absolute atomic E-state index is 0.000390. The summed E-state index contributed by atoms with van der Waals surface area (Å²) in [6.07, 6.45) is 89.2. The molecule has 0 aromatic rings. The molecule has 388 valence electrons. The Balaban J connectivity index is 4.58. The first-order valence-electron chi connectivity index (χ1n) is 27.3. The van der Waals surface area contributed by atoms with Crippen LogP contribution in [0.4, 0.5) is 0 Å². The summed E-state index contributed by atoms with van der Waals surface area (Å²) in [5.41, 5.74) is 0. The summed E-state index contributed by atoms with van der Waals surface area (Å²) >= 11 is 0. The predicted molar refractivity (Wildman–Crippen MR) is 306 cm³/mol. The summed E-state index contributed by atoms with van der Waals surface area (Å²) in [6.45, 7) is 7.27. The van der Waals surface area contributed by atoms with Gasteiger partial charge in [0, 0.05) is 19.4 Å². The van der Waals surface area contributed by atoms with E-state index in [2.05, 4.69) is 197 Å². The molecule has 0 saturated carbocycles. The van der Waals surface area contributed by atoms with E-state index in [1.54, 1.807) is 0 Å². The molecule has 0 bridgehead atoms. The third-order valence-electron chi connectivity index (χ3n) is 10.4. The van der Waals surface area contributed by atoms with E-state index >= 15 is 0 Å². The number of carbonyl (C=O) groups excluding carboxylic acids is 2. The topological polar surface area (TPSA) is 61.8 Å².